The Kier molecular flexibility index (Phi) is 4.48. The summed E-state index contributed by atoms with van der Waals surface area (Å²) in [6.07, 6.45) is 5.06. The van der Waals surface area contributed by atoms with Crippen molar-refractivity contribution in [2.24, 2.45) is 17.8 Å². The van der Waals surface area contributed by atoms with Crippen molar-refractivity contribution in [3.05, 3.63) is 0 Å². The quantitative estimate of drug-likeness (QED) is 0.807. The fraction of sp³-hybridized carbons (Fsp3) is 0.875. The maximum Gasteiger partial charge on any atom is 0.225 e. The van der Waals surface area contributed by atoms with Crippen LogP contribution in [0.1, 0.15) is 39.0 Å². The Bertz CT molecular complexity index is 408. The molecule has 3 aliphatic rings. The smallest absolute Gasteiger partial charge is 0.225 e. The lowest BCUT2D eigenvalue weighted by Gasteiger charge is -2.35. The van der Waals surface area contributed by atoms with E-state index in [4.69, 9.17) is 0 Å². The Morgan fingerprint density at radius 3 is 2.67 bits per heavy atom. The minimum Gasteiger partial charge on any atom is -0.352 e. The van der Waals surface area contributed by atoms with Crippen LogP contribution >= 0.6 is 0 Å². The van der Waals surface area contributed by atoms with E-state index < -0.39 is 0 Å². The van der Waals surface area contributed by atoms with E-state index in [-0.39, 0.29) is 29.7 Å². The highest BCUT2D eigenvalue weighted by Gasteiger charge is 2.37. The maximum atomic E-state index is 12.5. The van der Waals surface area contributed by atoms with Crippen LogP contribution in [0.25, 0.3) is 0 Å². The monoisotopic (exact) mass is 293 g/mol. The van der Waals surface area contributed by atoms with Gasteiger partial charge in [0.05, 0.1) is 5.92 Å². The molecule has 2 N–H and O–H groups in total. The molecule has 1 aliphatic carbocycles. The molecule has 0 aromatic heterocycles. The summed E-state index contributed by atoms with van der Waals surface area (Å²) in [6, 6.07) is 0.237. The Balaban J connectivity index is 1.52. The lowest BCUT2D eigenvalue weighted by atomic mass is 9.92. The molecule has 2 heterocycles. The van der Waals surface area contributed by atoms with Crippen LogP contribution in [0.3, 0.4) is 0 Å². The molecule has 3 fully saturated rings. The number of amides is 2. The summed E-state index contributed by atoms with van der Waals surface area (Å²) in [7, 11) is 0. The normalized spacial score (nSPS) is 33.6. The fourth-order valence-electron chi connectivity index (χ4n) is 3.46. The van der Waals surface area contributed by atoms with E-state index in [0.29, 0.717) is 12.5 Å². The molecule has 3 rings (SSSR count). The minimum atomic E-state index is -0.0180. The van der Waals surface area contributed by atoms with Crippen LogP contribution in [0.15, 0.2) is 0 Å². The van der Waals surface area contributed by atoms with Gasteiger partial charge < -0.3 is 15.5 Å². The molecule has 118 valence electrons. The average molecular weight is 293 g/mol. The fourth-order valence-corrected chi connectivity index (χ4v) is 3.46. The van der Waals surface area contributed by atoms with Crippen LogP contribution in [-0.2, 0) is 9.59 Å². The van der Waals surface area contributed by atoms with Crippen LogP contribution < -0.4 is 10.6 Å². The number of piperidine rings is 2. The van der Waals surface area contributed by atoms with Gasteiger partial charge in [0, 0.05) is 31.6 Å². The molecule has 0 aromatic rings. The van der Waals surface area contributed by atoms with Gasteiger partial charge >= 0.3 is 0 Å². The van der Waals surface area contributed by atoms with Gasteiger partial charge in [-0.15, -0.1) is 0 Å². The number of nitrogens with one attached hydrogen (secondary N) is 2. The van der Waals surface area contributed by atoms with Crippen molar-refractivity contribution in [2.75, 3.05) is 26.2 Å². The predicted octanol–water partition coefficient (Wildman–Crippen LogP) is 0.749. The lowest BCUT2D eigenvalue weighted by molar-refractivity contribution is -0.137. The number of carbonyl (C=O) groups excluding carboxylic acids is 2. The van der Waals surface area contributed by atoms with E-state index >= 15 is 0 Å². The van der Waals surface area contributed by atoms with Crippen molar-refractivity contribution in [1.82, 2.24) is 15.5 Å². The van der Waals surface area contributed by atoms with Gasteiger partial charge in [0.25, 0.3) is 0 Å². The van der Waals surface area contributed by atoms with Crippen molar-refractivity contribution < 1.29 is 9.59 Å². The van der Waals surface area contributed by atoms with Gasteiger partial charge in [-0.3, -0.25) is 9.59 Å². The first-order valence-electron chi connectivity index (χ1n) is 8.45. The van der Waals surface area contributed by atoms with Crippen LogP contribution in [0.5, 0.6) is 0 Å². The largest absolute Gasteiger partial charge is 0.352 e. The summed E-state index contributed by atoms with van der Waals surface area (Å²) in [6.45, 7) is 5.57. The zero-order valence-corrected chi connectivity index (χ0v) is 12.9. The van der Waals surface area contributed by atoms with Gasteiger partial charge in [0.1, 0.15) is 0 Å². The van der Waals surface area contributed by atoms with Crippen LogP contribution in [0.2, 0.25) is 0 Å². The summed E-state index contributed by atoms with van der Waals surface area (Å²) in [5, 5.41) is 6.55. The molecule has 21 heavy (non-hydrogen) atoms. The first-order chi connectivity index (χ1) is 10.1. The van der Waals surface area contributed by atoms with E-state index in [1.807, 2.05) is 4.90 Å². The third kappa shape index (κ3) is 3.57. The molecule has 5 nitrogen and oxygen atoms in total. The summed E-state index contributed by atoms with van der Waals surface area (Å²) >= 11 is 0. The predicted molar refractivity (Wildman–Crippen MR) is 80.6 cm³/mol. The molecule has 5 heteroatoms. The number of hydrogen-bond donors (Lipinski definition) is 2. The van der Waals surface area contributed by atoms with Gasteiger partial charge in [-0.25, -0.2) is 0 Å². The van der Waals surface area contributed by atoms with E-state index in [0.717, 1.165) is 51.7 Å². The van der Waals surface area contributed by atoms with Gasteiger partial charge in [-0.1, -0.05) is 6.92 Å². The van der Waals surface area contributed by atoms with E-state index in [1.54, 1.807) is 0 Å². The third-order valence-electron chi connectivity index (χ3n) is 5.19. The van der Waals surface area contributed by atoms with Crippen LogP contribution in [0.4, 0.5) is 0 Å². The topological polar surface area (TPSA) is 61.4 Å². The lowest BCUT2D eigenvalue weighted by Crippen LogP contribution is -2.53. The summed E-state index contributed by atoms with van der Waals surface area (Å²) in [4.78, 5) is 26.6. The highest BCUT2D eigenvalue weighted by Crippen LogP contribution is 2.32. The molecule has 3 atom stereocenters. The van der Waals surface area contributed by atoms with Crippen molar-refractivity contribution in [3.63, 3.8) is 0 Å². The van der Waals surface area contributed by atoms with E-state index in [2.05, 4.69) is 17.6 Å². The number of rotatable bonds is 3. The van der Waals surface area contributed by atoms with Crippen molar-refractivity contribution in [3.8, 4) is 0 Å². The Morgan fingerprint density at radius 2 is 1.95 bits per heavy atom. The molecule has 0 spiro atoms. The first kappa shape index (κ1) is 14.8. The summed E-state index contributed by atoms with van der Waals surface area (Å²) in [5.41, 5.74) is 0. The molecule has 3 unspecified atom stereocenters. The first-order valence-corrected chi connectivity index (χ1v) is 8.45. The standard InChI is InChI=1S/C16H27N3O2/c1-11-6-7-17-9-14(11)18-15(20)13-3-2-8-19(10-13)16(21)12-4-5-12/h11-14,17H,2-10H2,1H3,(H,18,20). The molecular formula is C16H27N3O2. The van der Waals surface area contributed by atoms with Gasteiger partial charge in [0.15, 0.2) is 0 Å². The molecule has 2 amide bonds. The Hall–Kier alpha value is -1.10. The molecule has 2 saturated heterocycles. The molecule has 0 radical (unpaired) electrons. The number of likely N-dealkylation sites (tertiary alicyclic amines) is 1. The number of nitrogens with zero attached hydrogens (tertiary/aromatic N) is 1. The minimum absolute atomic E-state index is 0.0180. The highest BCUT2D eigenvalue weighted by molar-refractivity contribution is 5.83. The SMILES string of the molecule is CC1CCNCC1NC(=O)C1CCCN(C(=O)C2CC2)C1. The molecule has 1 saturated carbocycles. The number of hydrogen-bond acceptors (Lipinski definition) is 3. The van der Waals surface area contributed by atoms with Gasteiger partial charge in [0.2, 0.25) is 11.8 Å². The van der Waals surface area contributed by atoms with Crippen LogP contribution in [0, 0.1) is 17.8 Å². The molecule has 2 aliphatic heterocycles. The van der Waals surface area contributed by atoms with Crippen molar-refractivity contribution >= 4 is 11.8 Å². The van der Waals surface area contributed by atoms with Crippen molar-refractivity contribution in [2.45, 2.75) is 45.1 Å². The summed E-state index contributed by atoms with van der Waals surface area (Å²) in [5.74, 6) is 1.19. The molecular weight excluding hydrogens is 266 g/mol. The number of carbonyl (C=O) groups is 2. The Morgan fingerprint density at radius 1 is 1.14 bits per heavy atom. The molecule has 0 bridgehead atoms. The van der Waals surface area contributed by atoms with E-state index in [1.165, 1.54) is 0 Å². The highest BCUT2D eigenvalue weighted by atomic mass is 16.2. The molecule has 0 aromatic carbocycles. The van der Waals surface area contributed by atoms with Gasteiger partial charge in [-0.05, 0) is 44.6 Å². The zero-order valence-electron chi connectivity index (χ0n) is 12.9. The van der Waals surface area contributed by atoms with Crippen LogP contribution in [-0.4, -0.2) is 48.9 Å². The summed E-state index contributed by atoms with van der Waals surface area (Å²) < 4.78 is 0. The van der Waals surface area contributed by atoms with Crippen molar-refractivity contribution in [1.29, 1.82) is 0 Å². The third-order valence-corrected chi connectivity index (χ3v) is 5.19. The average Bonchev–Trinajstić information content (AvgIpc) is 3.34. The van der Waals surface area contributed by atoms with Gasteiger partial charge in [-0.2, -0.15) is 0 Å². The maximum absolute atomic E-state index is 12.5. The zero-order chi connectivity index (χ0) is 14.8. The second kappa shape index (κ2) is 6.34. The van der Waals surface area contributed by atoms with E-state index in [9.17, 15) is 9.59 Å². The second-order valence-corrected chi connectivity index (χ2v) is 6.98. The Labute approximate surface area is 126 Å². The second-order valence-electron chi connectivity index (χ2n) is 6.98.